The Kier molecular flexibility index (Phi) is 6.12. The maximum atomic E-state index is 10.6. The predicted octanol–water partition coefficient (Wildman–Crippen LogP) is 3.86. The van der Waals surface area contributed by atoms with Crippen LogP contribution in [0.15, 0.2) is 28.0 Å². The van der Waals surface area contributed by atoms with Crippen LogP contribution in [0.4, 0.5) is 5.82 Å². The first-order valence-electron chi connectivity index (χ1n) is 9.21. The van der Waals surface area contributed by atoms with Crippen molar-refractivity contribution in [3.8, 4) is 5.75 Å². The number of nitrogens with two attached hydrogens (primary N) is 1. The van der Waals surface area contributed by atoms with Gasteiger partial charge in [0.1, 0.15) is 23.7 Å². The topological polar surface area (TPSA) is 100 Å². The molecule has 0 saturated heterocycles. The maximum Gasteiger partial charge on any atom is 0.151 e. The molecule has 7 nitrogen and oxygen atoms in total. The number of fused-ring (bicyclic) bond motifs is 1. The number of H-pyrrole nitrogens is 1. The van der Waals surface area contributed by atoms with Crippen molar-refractivity contribution in [2.75, 3.05) is 26.4 Å². The molecule has 2 aromatic heterocycles. The minimum atomic E-state index is 0.213. The third-order valence-corrected chi connectivity index (χ3v) is 6.00. The zero-order chi connectivity index (χ0) is 20.4. The van der Waals surface area contributed by atoms with E-state index in [2.05, 4.69) is 26.8 Å². The minimum absolute atomic E-state index is 0.213. The number of benzene rings is 1. The molecular weight excluding hydrogens is 374 g/mol. The summed E-state index contributed by atoms with van der Waals surface area (Å²) in [5, 5.41) is 10.6. The number of anilines is 1. The van der Waals surface area contributed by atoms with Crippen LogP contribution in [0.1, 0.15) is 37.0 Å². The van der Waals surface area contributed by atoms with Crippen molar-refractivity contribution in [3.05, 3.63) is 35.3 Å². The number of nitrogen functional groups attached to an aromatic ring is 1. The average Bonchev–Trinajstić information content (AvgIpc) is 3.08. The molecule has 0 amide bonds. The molecule has 0 radical (unpaired) electrons. The van der Waals surface area contributed by atoms with E-state index in [0.717, 1.165) is 26.6 Å². The molecule has 1 unspecified atom stereocenters. The zero-order valence-electron chi connectivity index (χ0n) is 16.9. The molecule has 28 heavy (non-hydrogen) atoms. The van der Waals surface area contributed by atoms with Crippen LogP contribution in [0, 0.1) is 6.92 Å². The molecular formula is C20H27N5O2S. The van der Waals surface area contributed by atoms with E-state index >= 15 is 0 Å². The van der Waals surface area contributed by atoms with Gasteiger partial charge in [-0.05, 0) is 52.6 Å². The highest BCUT2D eigenvalue weighted by Gasteiger charge is 2.18. The number of aromatic hydroxyl groups is 1. The van der Waals surface area contributed by atoms with Gasteiger partial charge in [0.2, 0.25) is 0 Å². The van der Waals surface area contributed by atoms with E-state index in [1.165, 1.54) is 11.8 Å². The van der Waals surface area contributed by atoms with Gasteiger partial charge in [0, 0.05) is 12.6 Å². The van der Waals surface area contributed by atoms with E-state index in [9.17, 15) is 5.11 Å². The summed E-state index contributed by atoms with van der Waals surface area (Å²) in [6.45, 7) is 6.94. The lowest BCUT2D eigenvalue weighted by atomic mass is 10.1. The number of phenols is 1. The van der Waals surface area contributed by atoms with Crippen molar-refractivity contribution in [3.63, 3.8) is 0 Å². The summed E-state index contributed by atoms with van der Waals surface area (Å²) < 4.78 is 5.45. The molecule has 3 aromatic rings. The Balaban J connectivity index is 1.99. The van der Waals surface area contributed by atoms with E-state index in [-0.39, 0.29) is 11.8 Å². The summed E-state index contributed by atoms with van der Waals surface area (Å²) in [5.41, 5.74) is 9.36. The van der Waals surface area contributed by atoms with Gasteiger partial charge in [0.15, 0.2) is 5.82 Å². The second kappa shape index (κ2) is 8.38. The van der Waals surface area contributed by atoms with Crippen molar-refractivity contribution in [2.45, 2.75) is 43.2 Å². The van der Waals surface area contributed by atoms with Crippen LogP contribution in [0.3, 0.4) is 0 Å². The monoisotopic (exact) mass is 401 g/mol. The second-order valence-corrected chi connectivity index (χ2v) is 7.98. The number of aromatic amines is 1. The van der Waals surface area contributed by atoms with Crippen LogP contribution >= 0.6 is 11.8 Å². The normalized spacial score (nSPS) is 12.8. The first-order chi connectivity index (χ1) is 13.3. The molecule has 0 aliphatic carbocycles. The molecule has 150 valence electrons. The van der Waals surface area contributed by atoms with Crippen LogP contribution in [-0.4, -0.2) is 45.7 Å². The van der Waals surface area contributed by atoms with Crippen molar-refractivity contribution >= 4 is 28.6 Å². The molecule has 1 atom stereocenters. The molecule has 0 aliphatic heterocycles. The summed E-state index contributed by atoms with van der Waals surface area (Å²) in [4.78, 5) is 16.0. The zero-order valence-corrected chi connectivity index (χ0v) is 17.7. The van der Waals surface area contributed by atoms with Gasteiger partial charge in [-0.15, -0.1) is 0 Å². The summed E-state index contributed by atoms with van der Waals surface area (Å²) in [7, 11) is 4.03. The fourth-order valence-corrected chi connectivity index (χ4v) is 3.88. The third kappa shape index (κ3) is 4.09. The van der Waals surface area contributed by atoms with E-state index in [1.54, 1.807) is 0 Å². The Morgan fingerprint density at radius 3 is 2.71 bits per heavy atom. The van der Waals surface area contributed by atoms with E-state index in [1.807, 2.05) is 46.1 Å². The number of imidazole rings is 1. The number of phenolic OH excluding ortho intramolecular Hbond substituents is 1. The SMILES string of the molecule is CCOCc1nc2c(N)nc(C)c(Sc3ccc(C(C)N(C)C)cc3O)c2[nH]1. The van der Waals surface area contributed by atoms with Gasteiger partial charge in [-0.3, -0.25) is 0 Å². The minimum Gasteiger partial charge on any atom is -0.507 e. The Labute approximate surface area is 169 Å². The number of nitrogens with one attached hydrogen (secondary N) is 1. The molecule has 0 saturated carbocycles. The first-order valence-corrected chi connectivity index (χ1v) is 10.0. The molecule has 0 fully saturated rings. The van der Waals surface area contributed by atoms with Crippen LogP contribution in [-0.2, 0) is 11.3 Å². The summed E-state index contributed by atoms with van der Waals surface area (Å²) >= 11 is 1.45. The Bertz CT molecular complexity index is 986. The van der Waals surface area contributed by atoms with Gasteiger partial charge in [0.05, 0.1) is 21.0 Å². The lowest BCUT2D eigenvalue weighted by molar-refractivity contribution is 0.129. The van der Waals surface area contributed by atoms with Crippen molar-refractivity contribution in [2.24, 2.45) is 0 Å². The fourth-order valence-electron chi connectivity index (χ4n) is 2.92. The van der Waals surface area contributed by atoms with E-state index in [4.69, 9.17) is 10.5 Å². The van der Waals surface area contributed by atoms with Crippen LogP contribution in [0.25, 0.3) is 11.0 Å². The fraction of sp³-hybridized carbons (Fsp3) is 0.400. The maximum absolute atomic E-state index is 10.6. The van der Waals surface area contributed by atoms with E-state index in [0.29, 0.717) is 30.4 Å². The summed E-state index contributed by atoms with van der Waals surface area (Å²) in [6, 6.07) is 6.01. The van der Waals surface area contributed by atoms with Gasteiger partial charge in [-0.2, -0.15) is 0 Å². The van der Waals surface area contributed by atoms with Crippen LogP contribution < -0.4 is 5.73 Å². The van der Waals surface area contributed by atoms with Gasteiger partial charge >= 0.3 is 0 Å². The molecule has 1 aromatic carbocycles. The van der Waals surface area contributed by atoms with Gasteiger partial charge < -0.3 is 25.5 Å². The van der Waals surface area contributed by atoms with Crippen molar-refractivity contribution < 1.29 is 9.84 Å². The summed E-state index contributed by atoms with van der Waals surface area (Å²) in [6.07, 6.45) is 0. The second-order valence-electron chi connectivity index (χ2n) is 6.92. The number of hydrogen-bond acceptors (Lipinski definition) is 7. The number of hydrogen-bond donors (Lipinski definition) is 3. The molecule has 3 rings (SSSR count). The Morgan fingerprint density at radius 1 is 1.32 bits per heavy atom. The van der Waals surface area contributed by atoms with Crippen molar-refractivity contribution in [1.82, 2.24) is 19.9 Å². The van der Waals surface area contributed by atoms with Gasteiger partial charge in [-0.25, -0.2) is 9.97 Å². The lowest BCUT2D eigenvalue weighted by Crippen LogP contribution is -2.16. The highest BCUT2D eigenvalue weighted by Crippen LogP contribution is 2.40. The number of rotatable bonds is 7. The van der Waals surface area contributed by atoms with Crippen LogP contribution in [0.2, 0.25) is 0 Å². The van der Waals surface area contributed by atoms with Gasteiger partial charge in [-0.1, -0.05) is 17.8 Å². The predicted molar refractivity (Wildman–Crippen MR) is 113 cm³/mol. The smallest absolute Gasteiger partial charge is 0.151 e. The lowest BCUT2D eigenvalue weighted by Gasteiger charge is -2.20. The number of aromatic nitrogens is 3. The average molecular weight is 402 g/mol. The molecule has 4 N–H and O–H groups in total. The highest BCUT2D eigenvalue weighted by molar-refractivity contribution is 7.99. The van der Waals surface area contributed by atoms with E-state index < -0.39 is 0 Å². The molecule has 0 aliphatic rings. The molecule has 0 bridgehead atoms. The standard InChI is InChI=1S/C20H27N5O2S/c1-6-27-10-16-23-17-18(24-16)20(21)22-11(2)19(17)28-15-8-7-13(9-14(15)26)12(3)25(4)5/h7-9,12,26H,6,10H2,1-5H3,(H2,21,22)(H,23,24). The van der Waals surface area contributed by atoms with Gasteiger partial charge in [0.25, 0.3) is 0 Å². The largest absolute Gasteiger partial charge is 0.507 e. The molecule has 2 heterocycles. The Hall–Kier alpha value is -2.29. The number of pyridine rings is 1. The van der Waals surface area contributed by atoms with Crippen LogP contribution in [0.5, 0.6) is 5.75 Å². The van der Waals surface area contributed by atoms with Crippen molar-refractivity contribution in [1.29, 1.82) is 0 Å². The highest BCUT2D eigenvalue weighted by atomic mass is 32.2. The number of ether oxygens (including phenoxy) is 1. The first kappa shape index (κ1) is 20.4. The summed E-state index contributed by atoms with van der Waals surface area (Å²) in [5.74, 6) is 1.34. The third-order valence-electron chi connectivity index (χ3n) is 4.73. The quantitative estimate of drug-likeness (QED) is 0.552. The molecule has 8 heteroatoms. The number of nitrogens with zero attached hydrogens (tertiary/aromatic N) is 3. The molecule has 0 spiro atoms. The Morgan fingerprint density at radius 2 is 2.07 bits per heavy atom. The number of aryl methyl sites for hydroxylation is 1.